The monoisotopic (exact) mass is 656 g/mol. The minimum atomic E-state index is -0.465. The fraction of sp³-hybridized carbons (Fsp3) is 0.188. The molecule has 0 saturated heterocycles. The van der Waals surface area contributed by atoms with Gasteiger partial charge in [-0.3, -0.25) is 29.1 Å². The van der Waals surface area contributed by atoms with Crippen molar-refractivity contribution in [2.45, 2.75) is 32.2 Å². The van der Waals surface area contributed by atoms with Gasteiger partial charge in [0.2, 0.25) is 5.91 Å². The number of fused-ring (bicyclic) bond motifs is 4. The summed E-state index contributed by atoms with van der Waals surface area (Å²) in [5.74, 6) is 5.79. The van der Waals surface area contributed by atoms with Gasteiger partial charge in [-0.15, -0.1) is 0 Å². The lowest BCUT2D eigenvalue weighted by molar-refractivity contribution is -0.119. The van der Waals surface area contributed by atoms with Crippen molar-refractivity contribution in [3.63, 3.8) is 0 Å². The fourth-order valence-corrected chi connectivity index (χ4v) is 5.82. The quantitative estimate of drug-likeness (QED) is 0.131. The number of carbonyl (C=O) groups excluding carboxylic acids is 1. The molecule has 5 heterocycles. The number of pyridine rings is 2. The summed E-state index contributed by atoms with van der Waals surface area (Å²) < 4.78 is 3.31. The summed E-state index contributed by atoms with van der Waals surface area (Å²) in [5, 5.41) is 9.31. The Balaban J connectivity index is 1.45. The van der Waals surface area contributed by atoms with E-state index in [2.05, 4.69) is 20.4 Å². The zero-order chi connectivity index (χ0) is 32.4. The van der Waals surface area contributed by atoms with Crippen LogP contribution in [0.2, 0.25) is 5.02 Å². The fourth-order valence-electron chi connectivity index (χ4n) is 5.54. The molecule has 2 bridgehead atoms. The third-order valence-electron chi connectivity index (χ3n) is 7.84. The van der Waals surface area contributed by atoms with E-state index >= 15 is 0 Å². The molecule has 12 nitrogen and oxygen atoms in total. The van der Waals surface area contributed by atoms with Gasteiger partial charge in [-0.2, -0.15) is 5.10 Å². The molecule has 46 heavy (non-hydrogen) atoms. The first-order chi connectivity index (χ1) is 22.2. The summed E-state index contributed by atoms with van der Waals surface area (Å²) in [6.07, 6.45) is 11.3. The molecule has 0 spiro atoms. The van der Waals surface area contributed by atoms with Gasteiger partial charge in [0.05, 0.1) is 58.9 Å². The van der Waals surface area contributed by atoms with Crippen LogP contribution in [0.25, 0.3) is 28.2 Å². The molecule has 1 aliphatic heterocycles. The van der Waals surface area contributed by atoms with E-state index in [9.17, 15) is 9.59 Å². The van der Waals surface area contributed by atoms with Crippen molar-refractivity contribution < 1.29 is 4.79 Å². The molecule has 0 aliphatic carbocycles. The van der Waals surface area contributed by atoms with E-state index in [4.69, 9.17) is 39.8 Å². The number of nitrogens with two attached hydrogens (primary N) is 2. The van der Waals surface area contributed by atoms with Crippen molar-refractivity contribution >= 4 is 40.5 Å². The Kier molecular flexibility index (Phi) is 8.84. The van der Waals surface area contributed by atoms with Gasteiger partial charge in [0, 0.05) is 46.7 Å². The van der Waals surface area contributed by atoms with Crippen molar-refractivity contribution in [2.75, 3.05) is 10.3 Å². The van der Waals surface area contributed by atoms with E-state index < -0.39 is 6.04 Å². The number of amides is 1. The highest BCUT2D eigenvalue weighted by Crippen LogP contribution is 2.35. The van der Waals surface area contributed by atoms with Gasteiger partial charge in [0.25, 0.3) is 5.56 Å². The zero-order valence-corrected chi connectivity index (χ0v) is 26.2. The van der Waals surface area contributed by atoms with Crippen LogP contribution in [0.4, 0.5) is 11.4 Å². The smallest absolute Gasteiger partial charge is 0.254 e. The van der Waals surface area contributed by atoms with Crippen LogP contribution in [0.3, 0.4) is 0 Å². The minimum absolute atomic E-state index is 0.0215. The van der Waals surface area contributed by atoms with Gasteiger partial charge in [0.1, 0.15) is 5.16 Å². The summed E-state index contributed by atoms with van der Waals surface area (Å²) >= 11 is 12.2. The van der Waals surface area contributed by atoms with Gasteiger partial charge in [-0.05, 0) is 55.3 Å². The molecule has 0 radical (unpaired) electrons. The second kappa shape index (κ2) is 13.1. The van der Waals surface area contributed by atoms with Gasteiger partial charge >= 0.3 is 0 Å². The van der Waals surface area contributed by atoms with Gasteiger partial charge in [-0.1, -0.05) is 36.5 Å². The van der Waals surface area contributed by atoms with Crippen LogP contribution in [0.5, 0.6) is 0 Å². The molecule has 14 heteroatoms. The first-order valence-electron chi connectivity index (χ1n) is 14.5. The highest BCUT2D eigenvalue weighted by molar-refractivity contribution is 6.31. The average Bonchev–Trinajstić information content (AvgIpc) is 3.46. The van der Waals surface area contributed by atoms with E-state index in [0.717, 1.165) is 11.3 Å². The Hall–Kier alpha value is -5.04. The van der Waals surface area contributed by atoms with E-state index in [1.165, 1.54) is 23.6 Å². The highest BCUT2D eigenvalue weighted by Gasteiger charge is 2.25. The maximum Gasteiger partial charge on any atom is 0.254 e. The Morgan fingerprint density at radius 1 is 1.07 bits per heavy atom. The molecule has 234 valence electrons. The molecule has 2 atom stereocenters. The first kappa shape index (κ1) is 31.0. The predicted molar refractivity (Wildman–Crippen MR) is 178 cm³/mol. The van der Waals surface area contributed by atoms with Crippen LogP contribution in [-0.2, 0) is 4.79 Å². The summed E-state index contributed by atoms with van der Waals surface area (Å²) in [6.45, 7) is 1.89. The Bertz CT molecular complexity index is 1990. The van der Waals surface area contributed by atoms with Gasteiger partial charge < -0.3 is 11.1 Å². The molecule has 1 aromatic carbocycles. The summed E-state index contributed by atoms with van der Waals surface area (Å²) in [5.41, 5.74) is 10.2. The lowest BCUT2D eigenvalue weighted by atomic mass is 9.97. The first-order valence-corrected chi connectivity index (χ1v) is 15.3. The van der Waals surface area contributed by atoms with Crippen molar-refractivity contribution in [3.05, 3.63) is 112 Å². The zero-order valence-electron chi connectivity index (χ0n) is 24.7. The van der Waals surface area contributed by atoms with Gasteiger partial charge in [0.15, 0.2) is 0 Å². The number of anilines is 2. The van der Waals surface area contributed by atoms with Crippen molar-refractivity contribution in [1.29, 1.82) is 0 Å². The average molecular weight is 658 g/mol. The summed E-state index contributed by atoms with van der Waals surface area (Å²) in [7, 11) is 0. The second-order valence-corrected chi connectivity index (χ2v) is 11.8. The summed E-state index contributed by atoms with van der Waals surface area (Å²) in [4.78, 5) is 40.5. The maximum absolute atomic E-state index is 13.8. The Labute approximate surface area is 274 Å². The number of nitrogens with zero attached hydrogens (tertiary/aromatic N) is 7. The van der Waals surface area contributed by atoms with Gasteiger partial charge in [-0.25, -0.2) is 15.5 Å². The molecule has 0 fully saturated rings. The lowest BCUT2D eigenvalue weighted by Crippen LogP contribution is -2.28. The SMILES string of the molecule is CC1CCCC(n2cnc(-c3cc(Cl)ccc3N(N)/C=C(\N)Cl)cc2=O)c2cc(ccn2)-c2c(cnn2-c2ccncc2)NC1=O. The second-order valence-electron chi connectivity index (χ2n) is 10.9. The van der Waals surface area contributed by atoms with Crippen molar-refractivity contribution in [1.82, 2.24) is 29.3 Å². The van der Waals surface area contributed by atoms with E-state index in [1.807, 2.05) is 31.2 Å². The van der Waals surface area contributed by atoms with Crippen LogP contribution < -0.4 is 27.5 Å². The topological polar surface area (TPSA) is 163 Å². The normalized spacial score (nSPS) is 17.0. The number of aromatic nitrogens is 6. The number of benzene rings is 1. The third-order valence-corrected chi connectivity index (χ3v) is 8.17. The van der Waals surface area contributed by atoms with Crippen LogP contribution in [0, 0.1) is 5.92 Å². The predicted octanol–water partition coefficient (Wildman–Crippen LogP) is 5.23. The van der Waals surface area contributed by atoms with E-state index in [0.29, 0.717) is 58.3 Å². The maximum atomic E-state index is 13.8. The number of rotatable bonds is 5. The molecular formula is C32H30Cl2N10O2. The van der Waals surface area contributed by atoms with Crippen LogP contribution in [0.1, 0.15) is 37.9 Å². The molecule has 1 aliphatic rings. The number of halogens is 2. The largest absolute Gasteiger partial charge is 0.388 e. The number of hydrogen-bond acceptors (Lipinski definition) is 9. The molecule has 0 saturated carbocycles. The molecule has 5 N–H and O–H groups in total. The molecule has 5 aromatic rings. The van der Waals surface area contributed by atoms with E-state index in [-0.39, 0.29) is 22.5 Å². The Morgan fingerprint density at radius 3 is 2.63 bits per heavy atom. The molecular weight excluding hydrogens is 627 g/mol. The van der Waals surface area contributed by atoms with Crippen molar-refractivity contribution in [2.24, 2.45) is 17.5 Å². The Morgan fingerprint density at radius 2 is 1.87 bits per heavy atom. The number of hydrazine groups is 1. The van der Waals surface area contributed by atoms with Crippen LogP contribution in [-0.4, -0.2) is 35.2 Å². The lowest BCUT2D eigenvalue weighted by Gasteiger charge is -2.23. The molecule has 1 amide bonds. The standard InChI is InChI=1S/C32H30Cl2N10O2/c1-19-3-2-4-28(42-18-39-24(15-30(42)45)23-14-21(33)5-6-27(23)43(36)17-29(34)35)25-13-20(7-12-38-25)31-26(41-32(19)46)16-40-44(31)22-8-10-37-11-9-22/h5-19,28H,2-4,35-36H2,1H3,(H,41,46)/b29-17-. The molecule has 4 aromatic heterocycles. The summed E-state index contributed by atoms with van der Waals surface area (Å²) in [6, 6.07) is 13.4. The number of carbonyl (C=O) groups is 1. The van der Waals surface area contributed by atoms with Crippen LogP contribution >= 0.6 is 23.2 Å². The molecule has 2 unspecified atom stereocenters. The van der Waals surface area contributed by atoms with Crippen molar-refractivity contribution in [3.8, 4) is 28.2 Å². The minimum Gasteiger partial charge on any atom is -0.388 e. The number of hydrogen-bond donors (Lipinski definition) is 3. The highest BCUT2D eigenvalue weighted by atomic mass is 35.5. The number of nitrogens with one attached hydrogen (secondary N) is 1. The van der Waals surface area contributed by atoms with E-state index in [1.54, 1.807) is 52.2 Å². The molecule has 6 rings (SSSR count). The third kappa shape index (κ3) is 6.36. The van der Waals surface area contributed by atoms with Crippen LogP contribution in [0.15, 0.2) is 95.8 Å².